The Labute approximate surface area is 144 Å². The van der Waals surface area contributed by atoms with Crippen LogP contribution < -0.4 is 16.6 Å². The van der Waals surface area contributed by atoms with Crippen LogP contribution in [0, 0.1) is 0 Å². The zero-order valence-electron chi connectivity index (χ0n) is 14.2. The second kappa shape index (κ2) is 6.23. The molecule has 130 valence electrons. The van der Waals surface area contributed by atoms with Crippen LogP contribution in [0.4, 0.5) is 5.82 Å². The molecule has 1 N–H and O–H groups in total. The van der Waals surface area contributed by atoms with E-state index in [2.05, 4.69) is 17.3 Å². The van der Waals surface area contributed by atoms with Gasteiger partial charge in [0.05, 0.1) is 13.1 Å². The lowest BCUT2D eigenvalue weighted by molar-refractivity contribution is 0.564. The van der Waals surface area contributed by atoms with Gasteiger partial charge in [-0.05, 0) is 12.0 Å². The molecule has 4 rings (SSSR count). The van der Waals surface area contributed by atoms with E-state index in [0.29, 0.717) is 24.1 Å². The Kier molecular flexibility index (Phi) is 3.91. The minimum atomic E-state index is -0.286. The Morgan fingerprint density at radius 3 is 2.72 bits per heavy atom. The SMILES string of the molecule is CCCCn1c(=O)n(Cc2ccccc2)c(=O)c2c3n(nc21)CCN3. The van der Waals surface area contributed by atoms with Crippen molar-refractivity contribution in [1.29, 1.82) is 0 Å². The normalized spacial score (nSPS) is 13.2. The van der Waals surface area contributed by atoms with Gasteiger partial charge in [-0.25, -0.2) is 9.48 Å². The molecule has 0 spiro atoms. The molecule has 0 unspecified atom stereocenters. The first-order valence-electron chi connectivity index (χ1n) is 8.72. The van der Waals surface area contributed by atoms with Gasteiger partial charge in [0.25, 0.3) is 5.56 Å². The van der Waals surface area contributed by atoms with E-state index < -0.39 is 0 Å². The van der Waals surface area contributed by atoms with Crippen molar-refractivity contribution in [3.8, 4) is 0 Å². The molecule has 0 radical (unpaired) electrons. The van der Waals surface area contributed by atoms with E-state index in [1.807, 2.05) is 30.3 Å². The van der Waals surface area contributed by atoms with Crippen molar-refractivity contribution in [2.24, 2.45) is 0 Å². The lowest BCUT2D eigenvalue weighted by Crippen LogP contribution is -2.40. The quantitative estimate of drug-likeness (QED) is 0.767. The number of aromatic nitrogens is 4. The van der Waals surface area contributed by atoms with Gasteiger partial charge in [0, 0.05) is 13.1 Å². The van der Waals surface area contributed by atoms with Gasteiger partial charge < -0.3 is 5.32 Å². The van der Waals surface area contributed by atoms with Gasteiger partial charge in [-0.3, -0.25) is 13.9 Å². The highest BCUT2D eigenvalue weighted by Gasteiger charge is 2.24. The summed E-state index contributed by atoms with van der Waals surface area (Å²) in [7, 11) is 0. The number of fused-ring (bicyclic) bond motifs is 3. The van der Waals surface area contributed by atoms with Crippen molar-refractivity contribution in [3.05, 3.63) is 56.7 Å². The maximum Gasteiger partial charge on any atom is 0.333 e. The summed E-state index contributed by atoms with van der Waals surface area (Å²) in [5, 5.41) is 8.27. The molecule has 0 saturated carbocycles. The Morgan fingerprint density at radius 1 is 1.16 bits per heavy atom. The molecule has 0 bridgehead atoms. The van der Waals surface area contributed by atoms with Crippen LogP contribution in [-0.4, -0.2) is 25.5 Å². The summed E-state index contributed by atoms with van der Waals surface area (Å²) < 4.78 is 4.77. The number of anilines is 1. The summed E-state index contributed by atoms with van der Waals surface area (Å²) in [6.45, 7) is 4.38. The standard InChI is InChI=1S/C18H21N5O2/c1-2-3-10-21-16-14(15-19-9-11-23(15)20-16)17(24)22(18(21)25)12-13-7-5-4-6-8-13/h4-8,19H,2-3,9-12H2,1H3. The number of rotatable bonds is 5. The van der Waals surface area contributed by atoms with Gasteiger partial charge in [0.1, 0.15) is 11.2 Å². The molecular weight excluding hydrogens is 318 g/mol. The minimum Gasteiger partial charge on any atom is -0.368 e. The molecule has 1 aliphatic rings. The van der Waals surface area contributed by atoms with Crippen LogP contribution >= 0.6 is 0 Å². The van der Waals surface area contributed by atoms with E-state index in [1.165, 1.54) is 4.57 Å². The predicted molar refractivity (Wildman–Crippen MR) is 97.2 cm³/mol. The minimum absolute atomic E-state index is 0.269. The van der Waals surface area contributed by atoms with Crippen molar-refractivity contribution >= 4 is 16.9 Å². The zero-order chi connectivity index (χ0) is 17.4. The number of hydrogen-bond acceptors (Lipinski definition) is 4. The molecule has 3 aromatic rings. The van der Waals surface area contributed by atoms with Crippen molar-refractivity contribution in [2.75, 3.05) is 11.9 Å². The van der Waals surface area contributed by atoms with Crippen molar-refractivity contribution in [1.82, 2.24) is 18.9 Å². The van der Waals surface area contributed by atoms with Crippen molar-refractivity contribution in [2.45, 2.75) is 39.4 Å². The Morgan fingerprint density at radius 2 is 1.96 bits per heavy atom. The van der Waals surface area contributed by atoms with Gasteiger partial charge in [0.15, 0.2) is 5.65 Å². The lowest BCUT2D eigenvalue weighted by atomic mass is 10.2. The second-order valence-electron chi connectivity index (χ2n) is 6.36. The molecule has 1 aliphatic heterocycles. The smallest absolute Gasteiger partial charge is 0.333 e. The summed E-state index contributed by atoms with van der Waals surface area (Å²) in [6.07, 6.45) is 1.84. The summed E-state index contributed by atoms with van der Waals surface area (Å²) in [6, 6.07) is 9.59. The number of aryl methyl sites for hydroxylation is 1. The van der Waals surface area contributed by atoms with E-state index in [1.54, 1.807) is 9.25 Å². The molecule has 0 saturated heterocycles. The Balaban J connectivity index is 1.95. The third-order valence-electron chi connectivity index (χ3n) is 4.65. The first-order chi connectivity index (χ1) is 12.2. The average Bonchev–Trinajstić information content (AvgIpc) is 3.20. The van der Waals surface area contributed by atoms with E-state index in [9.17, 15) is 9.59 Å². The summed E-state index contributed by atoms with van der Waals surface area (Å²) in [5.74, 6) is 0.729. The molecular formula is C18H21N5O2. The molecule has 25 heavy (non-hydrogen) atoms. The second-order valence-corrected chi connectivity index (χ2v) is 6.36. The first-order valence-corrected chi connectivity index (χ1v) is 8.72. The summed E-state index contributed by atoms with van der Waals surface area (Å²) >= 11 is 0. The Bertz CT molecular complexity index is 1030. The number of unbranched alkanes of at least 4 members (excludes halogenated alkanes) is 1. The number of benzene rings is 1. The van der Waals surface area contributed by atoms with Gasteiger partial charge in [0.2, 0.25) is 0 Å². The predicted octanol–water partition coefficient (Wildman–Crippen LogP) is 1.63. The van der Waals surface area contributed by atoms with Crippen LogP contribution in [0.3, 0.4) is 0 Å². The number of nitrogens with zero attached hydrogens (tertiary/aromatic N) is 4. The highest BCUT2D eigenvalue weighted by Crippen LogP contribution is 2.22. The molecule has 1 aromatic carbocycles. The summed E-state index contributed by atoms with van der Waals surface area (Å²) in [5.41, 5.74) is 0.869. The van der Waals surface area contributed by atoms with Gasteiger partial charge in [-0.1, -0.05) is 43.7 Å². The molecule has 2 aromatic heterocycles. The number of hydrogen-bond donors (Lipinski definition) is 1. The van der Waals surface area contributed by atoms with Crippen LogP contribution in [-0.2, 0) is 19.6 Å². The third-order valence-corrected chi connectivity index (χ3v) is 4.65. The molecule has 0 atom stereocenters. The monoisotopic (exact) mass is 339 g/mol. The highest BCUT2D eigenvalue weighted by molar-refractivity contribution is 5.87. The topological polar surface area (TPSA) is 73.8 Å². The van der Waals surface area contributed by atoms with E-state index >= 15 is 0 Å². The largest absolute Gasteiger partial charge is 0.368 e. The molecule has 0 aliphatic carbocycles. The van der Waals surface area contributed by atoms with Crippen LogP contribution in [0.15, 0.2) is 39.9 Å². The lowest BCUT2D eigenvalue weighted by Gasteiger charge is -2.11. The fraction of sp³-hybridized carbons (Fsp3) is 0.389. The molecule has 7 nitrogen and oxygen atoms in total. The maximum absolute atomic E-state index is 13.1. The van der Waals surface area contributed by atoms with Gasteiger partial charge in [-0.15, -0.1) is 0 Å². The molecule has 3 heterocycles. The van der Waals surface area contributed by atoms with Crippen LogP contribution in [0.1, 0.15) is 25.3 Å². The zero-order valence-corrected chi connectivity index (χ0v) is 14.2. The van der Waals surface area contributed by atoms with Crippen molar-refractivity contribution < 1.29 is 0 Å². The maximum atomic E-state index is 13.1. The highest BCUT2D eigenvalue weighted by atomic mass is 16.2. The van der Waals surface area contributed by atoms with Gasteiger partial charge in [-0.2, -0.15) is 5.10 Å². The van der Waals surface area contributed by atoms with E-state index in [0.717, 1.165) is 30.8 Å². The third kappa shape index (κ3) is 2.56. The fourth-order valence-electron chi connectivity index (χ4n) is 3.34. The van der Waals surface area contributed by atoms with Crippen LogP contribution in [0.2, 0.25) is 0 Å². The fourth-order valence-corrected chi connectivity index (χ4v) is 3.34. The number of nitrogens with one attached hydrogen (secondary N) is 1. The van der Waals surface area contributed by atoms with Crippen LogP contribution in [0.25, 0.3) is 11.0 Å². The Hall–Kier alpha value is -2.83. The van der Waals surface area contributed by atoms with Crippen LogP contribution in [0.5, 0.6) is 0 Å². The molecule has 0 fully saturated rings. The average molecular weight is 339 g/mol. The van der Waals surface area contributed by atoms with Gasteiger partial charge >= 0.3 is 5.69 Å². The van der Waals surface area contributed by atoms with Crippen molar-refractivity contribution in [3.63, 3.8) is 0 Å². The van der Waals surface area contributed by atoms with E-state index in [-0.39, 0.29) is 17.8 Å². The van der Waals surface area contributed by atoms with E-state index in [4.69, 9.17) is 0 Å². The molecule has 7 heteroatoms. The molecule has 0 amide bonds. The first kappa shape index (κ1) is 15.7. The summed E-state index contributed by atoms with van der Waals surface area (Å²) in [4.78, 5) is 26.1.